The highest BCUT2D eigenvalue weighted by atomic mass is 19.1. The molecule has 18 heavy (non-hydrogen) atoms. The Hall–Kier alpha value is -1.91. The molecule has 1 aromatic carbocycles. The first-order valence-electron chi connectivity index (χ1n) is 5.75. The molecule has 0 saturated carbocycles. The molecule has 0 aliphatic carbocycles. The lowest BCUT2D eigenvalue weighted by Crippen LogP contribution is -2.26. The highest BCUT2D eigenvalue weighted by molar-refractivity contribution is 5.77. The maximum absolute atomic E-state index is 12.7. The van der Waals surface area contributed by atoms with E-state index in [9.17, 15) is 14.0 Å². The number of carbonyl (C=O) groups is 2. The fourth-order valence-electron chi connectivity index (χ4n) is 1.55. The lowest BCUT2D eigenvalue weighted by atomic mass is 10.1. The van der Waals surface area contributed by atoms with Crippen LogP contribution in [0.1, 0.15) is 37.8 Å². The zero-order chi connectivity index (χ0) is 13.5. The number of carboxylic acid groups (broad SMARTS) is 1. The van der Waals surface area contributed by atoms with E-state index in [1.807, 2.05) is 0 Å². The van der Waals surface area contributed by atoms with E-state index < -0.39 is 5.97 Å². The van der Waals surface area contributed by atoms with Crippen LogP contribution in [0.5, 0.6) is 0 Å². The summed E-state index contributed by atoms with van der Waals surface area (Å²) in [6.07, 6.45) is 0.480. The van der Waals surface area contributed by atoms with E-state index >= 15 is 0 Å². The Morgan fingerprint density at radius 1 is 1.28 bits per heavy atom. The van der Waals surface area contributed by atoms with Gasteiger partial charge in [-0.3, -0.25) is 9.59 Å². The molecular formula is C13H16FNO3. The zero-order valence-electron chi connectivity index (χ0n) is 10.1. The van der Waals surface area contributed by atoms with Gasteiger partial charge in [0.1, 0.15) is 5.82 Å². The molecule has 5 heteroatoms. The summed E-state index contributed by atoms with van der Waals surface area (Å²) >= 11 is 0. The smallest absolute Gasteiger partial charge is 0.303 e. The molecule has 0 unspecified atom stereocenters. The summed E-state index contributed by atoms with van der Waals surface area (Å²) in [6.45, 7) is 1.79. The molecule has 0 saturated heterocycles. The Kier molecular flexibility index (Phi) is 5.30. The third kappa shape index (κ3) is 4.95. The number of hydrogen-bond donors (Lipinski definition) is 2. The van der Waals surface area contributed by atoms with E-state index in [1.54, 1.807) is 19.1 Å². The van der Waals surface area contributed by atoms with Crippen LogP contribution in [-0.2, 0) is 9.59 Å². The van der Waals surface area contributed by atoms with Gasteiger partial charge >= 0.3 is 5.97 Å². The van der Waals surface area contributed by atoms with Crippen molar-refractivity contribution in [1.29, 1.82) is 0 Å². The molecule has 1 aromatic rings. The number of nitrogens with one attached hydrogen (secondary N) is 1. The van der Waals surface area contributed by atoms with Gasteiger partial charge in [-0.05, 0) is 31.0 Å². The van der Waals surface area contributed by atoms with Crippen molar-refractivity contribution in [3.63, 3.8) is 0 Å². The van der Waals surface area contributed by atoms with Crippen molar-refractivity contribution in [3.05, 3.63) is 35.6 Å². The summed E-state index contributed by atoms with van der Waals surface area (Å²) in [7, 11) is 0. The summed E-state index contributed by atoms with van der Waals surface area (Å²) in [5, 5.41) is 11.2. The highest BCUT2D eigenvalue weighted by Crippen LogP contribution is 2.13. The summed E-state index contributed by atoms with van der Waals surface area (Å²) in [4.78, 5) is 21.8. The number of benzene rings is 1. The van der Waals surface area contributed by atoms with Crippen molar-refractivity contribution in [2.45, 2.75) is 32.2 Å². The normalized spacial score (nSPS) is 11.9. The van der Waals surface area contributed by atoms with E-state index in [4.69, 9.17) is 5.11 Å². The number of carboxylic acids is 1. The third-order valence-electron chi connectivity index (χ3n) is 2.54. The molecule has 0 aliphatic rings. The molecule has 1 amide bonds. The molecule has 0 radical (unpaired) electrons. The van der Waals surface area contributed by atoms with Crippen LogP contribution in [0.15, 0.2) is 24.3 Å². The molecule has 0 aliphatic heterocycles. The zero-order valence-corrected chi connectivity index (χ0v) is 10.1. The number of carbonyl (C=O) groups excluding carboxylic acids is 1. The van der Waals surface area contributed by atoms with Gasteiger partial charge in [-0.2, -0.15) is 0 Å². The van der Waals surface area contributed by atoms with Crippen molar-refractivity contribution in [1.82, 2.24) is 5.32 Å². The van der Waals surface area contributed by atoms with E-state index in [0.29, 0.717) is 6.42 Å². The van der Waals surface area contributed by atoms with Crippen molar-refractivity contribution in [3.8, 4) is 0 Å². The Morgan fingerprint density at radius 2 is 1.89 bits per heavy atom. The van der Waals surface area contributed by atoms with E-state index in [0.717, 1.165) is 5.56 Å². The van der Waals surface area contributed by atoms with Crippen LogP contribution in [0.25, 0.3) is 0 Å². The maximum atomic E-state index is 12.7. The van der Waals surface area contributed by atoms with Gasteiger partial charge in [-0.15, -0.1) is 0 Å². The van der Waals surface area contributed by atoms with Crippen molar-refractivity contribution < 1.29 is 19.1 Å². The van der Waals surface area contributed by atoms with Crippen LogP contribution in [-0.4, -0.2) is 17.0 Å². The highest BCUT2D eigenvalue weighted by Gasteiger charge is 2.10. The van der Waals surface area contributed by atoms with E-state index in [1.165, 1.54) is 12.1 Å². The number of rotatable bonds is 6. The fourth-order valence-corrected chi connectivity index (χ4v) is 1.55. The van der Waals surface area contributed by atoms with Crippen LogP contribution >= 0.6 is 0 Å². The number of hydrogen-bond acceptors (Lipinski definition) is 2. The molecule has 98 valence electrons. The predicted molar refractivity (Wildman–Crippen MR) is 64.4 cm³/mol. The third-order valence-corrected chi connectivity index (χ3v) is 2.54. The van der Waals surface area contributed by atoms with Crippen molar-refractivity contribution >= 4 is 11.9 Å². The molecule has 0 fully saturated rings. The van der Waals surface area contributed by atoms with Crippen LogP contribution in [0, 0.1) is 5.82 Å². The minimum atomic E-state index is -0.908. The average molecular weight is 253 g/mol. The second kappa shape index (κ2) is 6.74. The molecule has 0 heterocycles. The molecule has 4 nitrogen and oxygen atoms in total. The lowest BCUT2D eigenvalue weighted by molar-refractivity contribution is -0.137. The predicted octanol–water partition coefficient (Wildman–Crippen LogP) is 2.26. The SMILES string of the molecule is C[C@@H](NC(=O)CCCC(=O)O)c1ccc(F)cc1. The summed E-state index contributed by atoms with van der Waals surface area (Å²) in [5.41, 5.74) is 0.808. The molecule has 2 N–H and O–H groups in total. The Balaban J connectivity index is 2.39. The lowest BCUT2D eigenvalue weighted by Gasteiger charge is -2.14. The van der Waals surface area contributed by atoms with Crippen LogP contribution in [0.4, 0.5) is 4.39 Å². The number of aliphatic carboxylic acids is 1. The second-order valence-corrected chi connectivity index (χ2v) is 4.09. The Labute approximate surface area is 105 Å². The molecule has 0 aromatic heterocycles. The van der Waals surface area contributed by atoms with Gasteiger partial charge in [-0.25, -0.2) is 4.39 Å². The van der Waals surface area contributed by atoms with Gasteiger partial charge in [0.2, 0.25) is 5.91 Å². The van der Waals surface area contributed by atoms with Crippen molar-refractivity contribution in [2.24, 2.45) is 0 Å². The second-order valence-electron chi connectivity index (χ2n) is 4.09. The van der Waals surface area contributed by atoms with Gasteiger partial charge in [0.05, 0.1) is 6.04 Å². The first-order chi connectivity index (χ1) is 8.49. The van der Waals surface area contributed by atoms with Crippen molar-refractivity contribution in [2.75, 3.05) is 0 Å². The molecule has 0 spiro atoms. The monoisotopic (exact) mass is 253 g/mol. The fraction of sp³-hybridized carbons (Fsp3) is 0.385. The van der Waals surface area contributed by atoms with Gasteiger partial charge in [0, 0.05) is 12.8 Å². The molecular weight excluding hydrogens is 237 g/mol. The van der Waals surface area contributed by atoms with E-state index in [2.05, 4.69) is 5.32 Å². The number of amides is 1. The van der Waals surface area contributed by atoms with Gasteiger partial charge in [-0.1, -0.05) is 12.1 Å². The molecule has 0 bridgehead atoms. The van der Waals surface area contributed by atoms with Gasteiger partial charge < -0.3 is 10.4 Å². The minimum Gasteiger partial charge on any atom is -0.481 e. The standard InChI is InChI=1S/C13H16FNO3/c1-9(10-5-7-11(14)8-6-10)15-12(16)3-2-4-13(17)18/h5-9H,2-4H2,1H3,(H,15,16)(H,17,18)/t9-/m1/s1. The quantitative estimate of drug-likeness (QED) is 0.817. The largest absolute Gasteiger partial charge is 0.481 e. The van der Waals surface area contributed by atoms with Crippen LogP contribution in [0.3, 0.4) is 0 Å². The number of halogens is 1. The summed E-state index contributed by atoms with van der Waals surface area (Å²) in [6, 6.07) is 5.67. The summed E-state index contributed by atoms with van der Waals surface area (Å²) in [5.74, 6) is -1.43. The first-order valence-corrected chi connectivity index (χ1v) is 5.75. The maximum Gasteiger partial charge on any atom is 0.303 e. The topological polar surface area (TPSA) is 66.4 Å². The molecule has 1 atom stereocenters. The minimum absolute atomic E-state index is 0.0155. The van der Waals surface area contributed by atoms with Gasteiger partial charge in [0.25, 0.3) is 0 Å². The Bertz CT molecular complexity index is 417. The van der Waals surface area contributed by atoms with Crippen LogP contribution in [0.2, 0.25) is 0 Å². The van der Waals surface area contributed by atoms with Gasteiger partial charge in [0.15, 0.2) is 0 Å². The first kappa shape index (κ1) is 14.2. The Morgan fingerprint density at radius 3 is 2.44 bits per heavy atom. The van der Waals surface area contributed by atoms with E-state index in [-0.39, 0.29) is 30.6 Å². The van der Waals surface area contributed by atoms with Crippen LogP contribution < -0.4 is 5.32 Å². The average Bonchev–Trinajstić information content (AvgIpc) is 2.29. The molecule has 1 rings (SSSR count). The summed E-state index contributed by atoms with van der Waals surface area (Å²) < 4.78 is 12.7.